The number of hydrogen-bond acceptors (Lipinski definition) is 5. The summed E-state index contributed by atoms with van der Waals surface area (Å²) in [6, 6.07) is 0. The number of rotatable bonds is 55. The molecule has 68 heavy (non-hydrogen) atoms. The second-order valence-corrected chi connectivity index (χ2v) is 19.9. The molecule has 396 valence electrons. The lowest BCUT2D eigenvalue weighted by molar-refractivity contribution is -0.163. The highest BCUT2D eigenvalue weighted by atomic mass is 16.6. The Morgan fingerprint density at radius 2 is 0.662 bits per heavy atom. The quantitative estimate of drug-likeness (QED) is 0.0345. The van der Waals surface area contributed by atoms with Crippen LogP contribution in [0.15, 0.2) is 60.8 Å². The minimum Gasteiger partial charge on any atom is -0.462 e. The SMILES string of the molecule is CC/C=C\C/C=C\C/C=C\C/C=C\CCCCC(=O)OC[C@@H](COCCCCCCCCCCCCCCCCCC)OC(=O)CCCCCCCCCCCCC/C=C\CCCCCCCC. The van der Waals surface area contributed by atoms with Crippen LogP contribution in [0, 0.1) is 0 Å². The zero-order chi connectivity index (χ0) is 49.2. The Morgan fingerprint density at radius 3 is 1.10 bits per heavy atom. The molecule has 0 fully saturated rings. The van der Waals surface area contributed by atoms with Crippen LogP contribution in [-0.4, -0.2) is 37.9 Å². The van der Waals surface area contributed by atoms with Crippen LogP contribution >= 0.6 is 0 Å². The first-order valence-corrected chi connectivity index (χ1v) is 29.8. The second kappa shape index (κ2) is 58.9. The van der Waals surface area contributed by atoms with E-state index in [2.05, 4.69) is 81.5 Å². The summed E-state index contributed by atoms with van der Waals surface area (Å²) in [4.78, 5) is 25.5. The van der Waals surface area contributed by atoms with Crippen molar-refractivity contribution < 1.29 is 23.8 Å². The Labute approximate surface area is 424 Å². The largest absolute Gasteiger partial charge is 0.462 e. The number of esters is 2. The van der Waals surface area contributed by atoms with Crippen molar-refractivity contribution >= 4 is 11.9 Å². The van der Waals surface area contributed by atoms with Gasteiger partial charge in [-0.25, -0.2) is 0 Å². The molecule has 0 saturated carbocycles. The standard InChI is InChI=1S/C63H114O5/c1-4-7-10-13-16-19-22-25-28-30-31-32-33-34-36-39-42-45-48-51-54-57-63(65)68-61(59-66-58-55-52-49-46-43-40-37-29-26-23-20-17-14-11-8-5-2)60-67-62(64)56-53-50-47-44-41-38-35-27-24-21-18-15-12-9-6-3/h9,12,18,21,25,27-28,35,41,44,61H,4-8,10-11,13-17,19-20,22-24,26,29-34,36-40,42-43,45-60H2,1-3H3/b12-9-,21-18-,28-25-,35-27-,44-41-/t61-/m1/s1. The molecule has 0 radical (unpaired) electrons. The molecule has 5 nitrogen and oxygen atoms in total. The summed E-state index contributed by atoms with van der Waals surface area (Å²) < 4.78 is 17.5. The zero-order valence-electron chi connectivity index (χ0n) is 45.6. The maximum Gasteiger partial charge on any atom is 0.306 e. The van der Waals surface area contributed by atoms with Crippen molar-refractivity contribution in [3.05, 3.63) is 60.8 Å². The molecular formula is C63H114O5. The molecule has 0 N–H and O–H groups in total. The van der Waals surface area contributed by atoms with Crippen LogP contribution in [-0.2, 0) is 23.8 Å². The number of carbonyl (C=O) groups is 2. The molecule has 0 aliphatic rings. The lowest BCUT2D eigenvalue weighted by Gasteiger charge is -2.18. The summed E-state index contributed by atoms with van der Waals surface area (Å²) in [6.07, 6.45) is 75.4. The van der Waals surface area contributed by atoms with E-state index in [0.29, 0.717) is 19.4 Å². The van der Waals surface area contributed by atoms with E-state index in [1.807, 2.05) is 0 Å². The average Bonchev–Trinajstić information content (AvgIpc) is 3.34. The number of allylic oxidation sites excluding steroid dienone is 10. The molecule has 0 saturated heterocycles. The maximum atomic E-state index is 12.9. The molecular weight excluding hydrogens is 837 g/mol. The smallest absolute Gasteiger partial charge is 0.306 e. The molecule has 0 aromatic rings. The van der Waals surface area contributed by atoms with Gasteiger partial charge in [-0.1, -0.05) is 268 Å². The van der Waals surface area contributed by atoms with Crippen molar-refractivity contribution in [2.75, 3.05) is 19.8 Å². The van der Waals surface area contributed by atoms with Gasteiger partial charge in [0.15, 0.2) is 6.10 Å². The van der Waals surface area contributed by atoms with Crippen molar-refractivity contribution in [2.24, 2.45) is 0 Å². The Kier molecular flexibility index (Phi) is 56.8. The van der Waals surface area contributed by atoms with Crippen LogP contribution in [0.5, 0.6) is 0 Å². The molecule has 0 aromatic carbocycles. The fourth-order valence-corrected chi connectivity index (χ4v) is 8.62. The van der Waals surface area contributed by atoms with Crippen LogP contribution in [0.4, 0.5) is 0 Å². The third-order valence-corrected chi connectivity index (χ3v) is 13.0. The predicted molar refractivity (Wildman–Crippen MR) is 298 cm³/mol. The van der Waals surface area contributed by atoms with Gasteiger partial charge in [0.2, 0.25) is 0 Å². The first-order valence-electron chi connectivity index (χ1n) is 29.8. The lowest BCUT2D eigenvalue weighted by atomic mass is 10.0. The molecule has 0 aliphatic heterocycles. The van der Waals surface area contributed by atoms with Gasteiger partial charge in [0.25, 0.3) is 0 Å². The van der Waals surface area contributed by atoms with E-state index < -0.39 is 6.10 Å². The van der Waals surface area contributed by atoms with Gasteiger partial charge in [-0.2, -0.15) is 0 Å². The molecule has 0 aromatic heterocycles. The second-order valence-electron chi connectivity index (χ2n) is 19.9. The number of ether oxygens (including phenoxy) is 3. The van der Waals surface area contributed by atoms with E-state index in [1.54, 1.807) is 0 Å². The molecule has 0 heterocycles. The first kappa shape index (κ1) is 65.6. The molecule has 0 spiro atoms. The highest BCUT2D eigenvalue weighted by Gasteiger charge is 2.17. The zero-order valence-corrected chi connectivity index (χ0v) is 45.6. The van der Waals surface area contributed by atoms with E-state index >= 15 is 0 Å². The first-order chi connectivity index (χ1) is 33.6. The van der Waals surface area contributed by atoms with Crippen LogP contribution in [0.3, 0.4) is 0 Å². The van der Waals surface area contributed by atoms with Crippen molar-refractivity contribution in [1.82, 2.24) is 0 Å². The van der Waals surface area contributed by atoms with Gasteiger partial charge in [-0.3, -0.25) is 9.59 Å². The molecule has 5 heteroatoms. The van der Waals surface area contributed by atoms with Crippen LogP contribution in [0.1, 0.15) is 303 Å². The van der Waals surface area contributed by atoms with Gasteiger partial charge in [-0.15, -0.1) is 0 Å². The van der Waals surface area contributed by atoms with Crippen molar-refractivity contribution in [3.63, 3.8) is 0 Å². The Hall–Kier alpha value is -2.40. The molecule has 0 aliphatic carbocycles. The summed E-state index contributed by atoms with van der Waals surface area (Å²) in [5.74, 6) is -0.431. The van der Waals surface area contributed by atoms with Crippen LogP contribution in [0.25, 0.3) is 0 Å². The van der Waals surface area contributed by atoms with Crippen molar-refractivity contribution in [3.8, 4) is 0 Å². The summed E-state index contributed by atoms with van der Waals surface area (Å²) in [5, 5.41) is 0. The van der Waals surface area contributed by atoms with E-state index in [-0.39, 0.29) is 25.2 Å². The van der Waals surface area contributed by atoms with Gasteiger partial charge in [0.1, 0.15) is 6.61 Å². The lowest BCUT2D eigenvalue weighted by Crippen LogP contribution is -2.30. The van der Waals surface area contributed by atoms with Gasteiger partial charge in [-0.05, 0) is 83.5 Å². The Balaban J connectivity index is 4.27. The predicted octanol–water partition coefficient (Wildman–Crippen LogP) is 20.5. The van der Waals surface area contributed by atoms with Crippen LogP contribution < -0.4 is 0 Å². The molecule has 0 amide bonds. The van der Waals surface area contributed by atoms with Gasteiger partial charge in [0, 0.05) is 19.4 Å². The van der Waals surface area contributed by atoms with E-state index in [0.717, 1.165) is 70.6 Å². The summed E-state index contributed by atoms with van der Waals surface area (Å²) in [7, 11) is 0. The molecule has 1 atom stereocenters. The topological polar surface area (TPSA) is 61.8 Å². The molecule has 0 bridgehead atoms. The van der Waals surface area contributed by atoms with Gasteiger partial charge >= 0.3 is 11.9 Å². The minimum absolute atomic E-state index is 0.0662. The monoisotopic (exact) mass is 951 g/mol. The third-order valence-electron chi connectivity index (χ3n) is 13.0. The minimum atomic E-state index is -0.553. The fraction of sp³-hybridized carbons (Fsp3) is 0.810. The average molecular weight is 952 g/mol. The Bertz CT molecular complexity index is 1170. The van der Waals surface area contributed by atoms with E-state index in [9.17, 15) is 9.59 Å². The number of hydrogen-bond donors (Lipinski definition) is 0. The van der Waals surface area contributed by atoms with Gasteiger partial charge < -0.3 is 14.2 Å². The molecule has 0 rings (SSSR count). The Morgan fingerprint density at radius 1 is 0.338 bits per heavy atom. The van der Waals surface area contributed by atoms with Gasteiger partial charge in [0.05, 0.1) is 6.61 Å². The summed E-state index contributed by atoms with van der Waals surface area (Å²) in [6.45, 7) is 7.72. The number of unbranched alkanes of at least 4 members (excludes halogenated alkanes) is 34. The maximum absolute atomic E-state index is 12.9. The fourth-order valence-electron chi connectivity index (χ4n) is 8.62. The van der Waals surface area contributed by atoms with Crippen molar-refractivity contribution in [2.45, 2.75) is 309 Å². The highest BCUT2D eigenvalue weighted by molar-refractivity contribution is 5.70. The highest BCUT2D eigenvalue weighted by Crippen LogP contribution is 2.16. The van der Waals surface area contributed by atoms with Crippen LogP contribution in [0.2, 0.25) is 0 Å². The third kappa shape index (κ3) is 56.2. The van der Waals surface area contributed by atoms with E-state index in [4.69, 9.17) is 14.2 Å². The number of carbonyl (C=O) groups excluding carboxylic acids is 2. The summed E-state index contributed by atoms with van der Waals surface area (Å²) in [5.41, 5.74) is 0. The van der Waals surface area contributed by atoms with E-state index in [1.165, 1.54) is 199 Å². The van der Waals surface area contributed by atoms with Crippen molar-refractivity contribution in [1.29, 1.82) is 0 Å². The summed E-state index contributed by atoms with van der Waals surface area (Å²) >= 11 is 0. The molecule has 0 unspecified atom stereocenters. The normalized spacial score (nSPS) is 12.6.